The Kier molecular flexibility index (Phi) is 3.96. The fourth-order valence-corrected chi connectivity index (χ4v) is 2.88. The van der Waals surface area contributed by atoms with Crippen molar-refractivity contribution in [2.24, 2.45) is 0 Å². The van der Waals surface area contributed by atoms with Gasteiger partial charge in [-0.25, -0.2) is 4.98 Å². The fourth-order valence-electron chi connectivity index (χ4n) is 1.37. The van der Waals surface area contributed by atoms with Gasteiger partial charge in [0.05, 0.1) is 4.88 Å². The van der Waals surface area contributed by atoms with Gasteiger partial charge in [0.2, 0.25) is 0 Å². The van der Waals surface area contributed by atoms with E-state index in [-0.39, 0.29) is 0 Å². The Morgan fingerprint density at radius 2 is 2.19 bits per heavy atom. The summed E-state index contributed by atoms with van der Waals surface area (Å²) in [5.74, 6) is 0. The first-order valence-electron chi connectivity index (χ1n) is 5.26. The number of hydrogen-bond acceptors (Lipinski definition) is 3. The normalized spacial score (nSPS) is 10.4. The number of thiazole rings is 1. The van der Waals surface area contributed by atoms with Gasteiger partial charge >= 0.3 is 0 Å². The molecule has 1 N–H and O–H groups in total. The Morgan fingerprint density at radius 1 is 1.38 bits per heavy atom. The van der Waals surface area contributed by atoms with Gasteiger partial charge in [-0.3, -0.25) is 0 Å². The van der Waals surface area contributed by atoms with Gasteiger partial charge in [0.1, 0.15) is 0 Å². The highest BCUT2D eigenvalue weighted by atomic mass is 79.9. The van der Waals surface area contributed by atoms with Crippen molar-refractivity contribution in [1.82, 2.24) is 4.98 Å². The molecule has 0 radical (unpaired) electrons. The molecular weight excluding hydrogens is 284 g/mol. The number of aromatic nitrogens is 1. The summed E-state index contributed by atoms with van der Waals surface area (Å²) in [6.07, 6.45) is 3.03. The second-order valence-corrected chi connectivity index (χ2v) is 5.32. The molecule has 1 aromatic carbocycles. The van der Waals surface area contributed by atoms with Gasteiger partial charge in [-0.15, -0.1) is 0 Å². The van der Waals surface area contributed by atoms with Crippen LogP contribution in [0.5, 0.6) is 0 Å². The number of halogens is 1. The van der Waals surface area contributed by atoms with Crippen LogP contribution in [-0.4, -0.2) is 11.5 Å². The first-order valence-corrected chi connectivity index (χ1v) is 6.87. The minimum absolute atomic E-state index is 0.975. The maximum atomic E-state index is 4.36. The van der Waals surface area contributed by atoms with Crippen molar-refractivity contribution < 1.29 is 0 Å². The van der Waals surface area contributed by atoms with Crippen LogP contribution in [0.2, 0.25) is 0 Å². The molecule has 0 saturated heterocycles. The van der Waals surface area contributed by atoms with E-state index in [2.05, 4.69) is 39.2 Å². The molecule has 2 nitrogen and oxygen atoms in total. The summed E-state index contributed by atoms with van der Waals surface area (Å²) in [7, 11) is 0. The van der Waals surface area contributed by atoms with E-state index in [1.165, 1.54) is 10.4 Å². The number of nitrogens with zero attached hydrogens (tertiary/aromatic N) is 1. The zero-order chi connectivity index (χ0) is 11.4. The Bertz CT molecular complexity index is 468. The molecule has 4 heteroatoms. The lowest BCUT2D eigenvalue weighted by Crippen LogP contribution is -1.97. The van der Waals surface area contributed by atoms with E-state index in [9.17, 15) is 0 Å². The van der Waals surface area contributed by atoms with E-state index in [1.54, 1.807) is 11.3 Å². The molecule has 2 aromatic rings. The number of nitrogens with one attached hydrogen (secondary N) is 1. The third-order valence-corrected chi connectivity index (χ3v) is 3.85. The molecule has 84 valence electrons. The Balaban J connectivity index is 2.22. The molecule has 1 heterocycles. The van der Waals surface area contributed by atoms with Gasteiger partial charge in [-0.1, -0.05) is 52.4 Å². The molecular formula is C12H13BrN2S. The molecule has 0 aliphatic rings. The van der Waals surface area contributed by atoms with Crippen molar-refractivity contribution in [2.75, 3.05) is 11.9 Å². The first kappa shape index (κ1) is 11.6. The van der Waals surface area contributed by atoms with E-state index in [4.69, 9.17) is 0 Å². The average molecular weight is 297 g/mol. The number of hydrogen-bond donors (Lipinski definition) is 1. The lowest BCUT2D eigenvalue weighted by Gasteiger charge is -1.99. The van der Waals surface area contributed by atoms with Gasteiger partial charge in [0, 0.05) is 22.8 Å². The standard InChI is InChI=1S/C12H13BrN2S/c1-2-7-14-12-15-8-11(16-12)9-5-3-4-6-10(9)13/h3-6,8H,2,7H2,1H3,(H,14,15). The van der Waals surface area contributed by atoms with Gasteiger partial charge < -0.3 is 5.32 Å². The fraction of sp³-hybridized carbons (Fsp3) is 0.250. The SMILES string of the molecule is CCCNc1ncc(-c2ccccc2Br)s1. The molecule has 0 spiro atoms. The highest BCUT2D eigenvalue weighted by Crippen LogP contribution is 2.33. The highest BCUT2D eigenvalue weighted by molar-refractivity contribution is 9.10. The first-order chi connectivity index (χ1) is 7.81. The van der Waals surface area contributed by atoms with Crippen LogP contribution in [0.4, 0.5) is 5.13 Å². The maximum Gasteiger partial charge on any atom is 0.183 e. The van der Waals surface area contributed by atoms with Gasteiger partial charge in [0.15, 0.2) is 5.13 Å². The number of rotatable bonds is 4. The second-order valence-electron chi connectivity index (χ2n) is 3.44. The van der Waals surface area contributed by atoms with Crippen molar-refractivity contribution in [3.05, 3.63) is 34.9 Å². The minimum Gasteiger partial charge on any atom is -0.362 e. The molecule has 2 rings (SSSR count). The third-order valence-electron chi connectivity index (χ3n) is 2.17. The van der Waals surface area contributed by atoms with Crippen molar-refractivity contribution in [1.29, 1.82) is 0 Å². The number of anilines is 1. The molecule has 0 fully saturated rings. The molecule has 0 unspecified atom stereocenters. The monoisotopic (exact) mass is 296 g/mol. The van der Waals surface area contributed by atoms with E-state index in [0.29, 0.717) is 0 Å². The van der Waals surface area contributed by atoms with Gasteiger partial charge in [0.25, 0.3) is 0 Å². The van der Waals surface area contributed by atoms with Crippen LogP contribution < -0.4 is 5.32 Å². The summed E-state index contributed by atoms with van der Waals surface area (Å²) in [6, 6.07) is 8.21. The number of benzene rings is 1. The summed E-state index contributed by atoms with van der Waals surface area (Å²) in [4.78, 5) is 5.54. The van der Waals surface area contributed by atoms with Crippen molar-refractivity contribution >= 4 is 32.4 Å². The molecule has 1 aromatic heterocycles. The average Bonchev–Trinajstić information content (AvgIpc) is 2.75. The van der Waals surface area contributed by atoms with Crippen molar-refractivity contribution in [2.45, 2.75) is 13.3 Å². The smallest absolute Gasteiger partial charge is 0.183 e. The zero-order valence-corrected chi connectivity index (χ0v) is 11.4. The molecule has 0 aliphatic heterocycles. The molecule has 0 saturated carbocycles. The topological polar surface area (TPSA) is 24.9 Å². The van der Waals surface area contributed by atoms with Crippen LogP contribution in [0.3, 0.4) is 0 Å². The summed E-state index contributed by atoms with van der Waals surface area (Å²) in [5.41, 5.74) is 1.20. The molecule has 0 aliphatic carbocycles. The summed E-state index contributed by atoms with van der Waals surface area (Å²) >= 11 is 5.24. The largest absolute Gasteiger partial charge is 0.362 e. The van der Waals surface area contributed by atoms with Crippen molar-refractivity contribution in [3.63, 3.8) is 0 Å². The molecule has 0 amide bonds. The van der Waals surface area contributed by atoms with E-state index in [1.807, 2.05) is 24.4 Å². The Hall–Kier alpha value is -0.870. The predicted molar refractivity (Wildman–Crippen MR) is 74.0 cm³/mol. The second kappa shape index (κ2) is 5.46. The maximum absolute atomic E-state index is 4.36. The summed E-state index contributed by atoms with van der Waals surface area (Å²) < 4.78 is 1.11. The zero-order valence-electron chi connectivity index (χ0n) is 9.03. The Labute approximate surface area is 108 Å². The predicted octanol–water partition coefficient (Wildman–Crippen LogP) is 4.39. The van der Waals surface area contributed by atoms with Crippen molar-refractivity contribution in [3.8, 4) is 10.4 Å². The minimum atomic E-state index is 0.975. The van der Waals surface area contributed by atoms with Crippen LogP contribution in [0.15, 0.2) is 34.9 Å². The summed E-state index contributed by atoms with van der Waals surface area (Å²) in [5, 5.41) is 4.29. The molecule has 16 heavy (non-hydrogen) atoms. The lowest BCUT2D eigenvalue weighted by atomic mass is 10.2. The van der Waals surface area contributed by atoms with E-state index in [0.717, 1.165) is 22.6 Å². The van der Waals surface area contributed by atoms with E-state index < -0.39 is 0 Å². The summed E-state index contributed by atoms with van der Waals surface area (Å²) in [6.45, 7) is 3.12. The molecule has 0 bridgehead atoms. The lowest BCUT2D eigenvalue weighted by molar-refractivity contribution is 0.976. The molecule has 0 atom stereocenters. The third kappa shape index (κ3) is 2.62. The quantitative estimate of drug-likeness (QED) is 0.905. The van der Waals surface area contributed by atoms with Crippen LogP contribution in [0.25, 0.3) is 10.4 Å². The van der Waals surface area contributed by atoms with Crippen LogP contribution in [0.1, 0.15) is 13.3 Å². The van der Waals surface area contributed by atoms with Crippen LogP contribution in [-0.2, 0) is 0 Å². The van der Waals surface area contributed by atoms with Gasteiger partial charge in [-0.05, 0) is 12.5 Å². The van der Waals surface area contributed by atoms with Crippen LogP contribution >= 0.6 is 27.3 Å². The van der Waals surface area contributed by atoms with Gasteiger partial charge in [-0.2, -0.15) is 0 Å². The Morgan fingerprint density at radius 3 is 2.94 bits per heavy atom. The highest BCUT2D eigenvalue weighted by Gasteiger charge is 2.06. The van der Waals surface area contributed by atoms with Crippen LogP contribution in [0, 0.1) is 0 Å². The van der Waals surface area contributed by atoms with E-state index >= 15 is 0 Å².